The highest BCUT2D eigenvalue weighted by Crippen LogP contribution is 2.36. The average Bonchev–Trinajstić information content (AvgIpc) is 3.38. The van der Waals surface area contributed by atoms with E-state index in [2.05, 4.69) is 33.0 Å². The standard InChI is InChI=1S/C61H116NO12P/c1-10-14-18-22-26-27-31-35-39-43-50(8)61(67)72-53(48(6)41-37-33-29-24-20-16-12-3)45-56(65)73-59-57(51(9)70-54(46-63)58(59)74-75(68)69)62-55(64)44-52(47(5)40-36-32-28-23-19-15-11-2)71-60(66)49(7)42-38-34-30-25-21-17-13-4/h47-54,57-59,63,68-69H,10-46H2,1-9H3,(H,62,64). The highest BCUT2D eigenvalue weighted by molar-refractivity contribution is 7.39. The van der Waals surface area contributed by atoms with Gasteiger partial charge in [0.15, 0.2) is 6.10 Å². The van der Waals surface area contributed by atoms with Crippen molar-refractivity contribution in [2.24, 2.45) is 23.7 Å². The molecule has 0 spiro atoms. The maximum Gasteiger partial charge on any atom is 0.327 e. The zero-order valence-corrected chi connectivity index (χ0v) is 50.4. The second kappa shape index (κ2) is 45.9. The lowest BCUT2D eigenvalue weighted by Gasteiger charge is -2.45. The quantitative estimate of drug-likeness (QED) is 0.0196. The third-order valence-corrected chi connectivity index (χ3v) is 16.2. The van der Waals surface area contributed by atoms with Crippen LogP contribution in [-0.2, 0) is 42.6 Å². The largest absolute Gasteiger partial charge is 0.461 e. The minimum Gasteiger partial charge on any atom is -0.461 e. The Balaban J connectivity index is 3.33. The maximum absolute atomic E-state index is 14.3. The molecule has 442 valence electrons. The van der Waals surface area contributed by atoms with Crippen LogP contribution in [0.2, 0.25) is 0 Å². The Labute approximate surface area is 460 Å². The first kappa shape index (κ1) is 71.1. The predicted molar refractivity (Wildman–Crippen MR) is 305 cm³/mol. The summed E-state index contributed by atoms with van der Waals surface area (Å²) in [7, 11) is -3.02. The molecule has 11 unspecified atom stereocenters. The van der Waals surface area contributed by atoms with Crippen molar-refractivity contribution in [2.75, 3.05) is 6.61 Å². The number of esters is 3. The summed E-state index contributed by atoms with van der Waals surface area (Å²) < 4.78 is 30.3. The first-order valence-electron chi connectivity index (χ1n) is 31.1. The molecule has 0 bridgehead atoms. The molecule has 0 aromatic carbocycles. The number of carbonyl (C=O) groups is 4. The van der Waals surface area contributed by atoms with E-state index in [1.807, 2.05) is 27.7 Å². The number of rotatable bonds is 49. The molecule has 0 aromatic heterocycles. The van der Waals surface area contributed by atoms with Crippen LogP contribution >= 0.6 is 8.60 Å². The van der Waals surface area contributed by atoms with Crippen LogP contribution in [0.3, 0.4) is 0 Å². The zero-order valence-electron chi connectivity index (χ0n) is 49.5. The first-order chi connectivity index (χ1) is 36.1. The molecule has 0 aromatic rings. The lowest BCUT2D eigenvalue weighted by atomic mass is 9.91. The molecule has 0 saturated carbocycles. The lowest BCUT2D eigenvalue weighted by Crippen LogP contribution is -2.65. The summed E-state index contributed by atoms with van der Waals surface area (Å²) >= 11 is 0. The topological polar surface area (TPSA) is 187 Å². The van der Waals surface area contributed by atoms with Crippen LogP contribution in [0.4, 0.5) is 0 Å². The lowest BCUT2D eigenvalue weighted by molar-refractivity contribution is -0.205. The summed E-state index contributed by atoms with van der Waals surface area (Å²) in [6.45, 7) is 17.7. The van der Waals surface area contributed by atoms with E-state index in [-0.39, 0.29) is 48.5 Å². The number of amides is 1. The highest BCUT2D eigenvalue weighted by Gasteiger charge is 2.49. The van der Waals surface area contributed by atoms with E-state index in [9.17, 15) is 34.1 Å². The Bertz CT molecular complexity index is 1420. The van der Waals surface area contributed by atoms with Gasteiger partial charge in [0.25, 0.3) is 0 Å². The number of hydrogen-bond acceptors (Lipinski definition) is 12. The fourth-order valence-electron chi connectivity index (χ4n) is 10.5. The van der Waals surface area contributed by atoms with Crippen LogP contribution < -0.4 is 5.32 Å². The van der Waals surface area contributed by atoms with Crippen LogP contribution in [0, 0.1) is 23.7 Å². The SMILES string of the molecule is CCCCCCCCCCCC(C)C(=O)OC(CC(=O)OC1C(NC(=O)CC(OC(=O)C(C)CCCCCCCCC)C(C)CCCCCCCCC)C(C)OC(CO)C1OP(O)O)C(C)CCCCCCCCC. The van der Waals surface area contributed by atoms with Crippen molar-refractivity contribution >= 4 is 32.4 Å². The fraction of sp³-hybridized carbons (Fsp3) is 0.934. The Morgan fingerprint density at radius 2 is 0.853 bits per heavy atom. The number of carbonyl (C=O) groups excluding carboxylic acids is 4. The smallest absolute Gasteiger partial charge is 0.327 e. The van der Waals surface area contributed by atoms with E-state index in [1.165, 1.54) is 116 Å². The molecule has 1 heterocycles. The van der Waals surface area contributed by atoms with Gasteiger partial charge in [-0.2, -0.15) is 0 Å². The van der Waals surface area contributed by atoms with Gasteiger partial charge >= 0.3 is 26.5 Å². The predicted octanol–water partition coefficient (Wildman–Crippen LogP) is 15.3. The molecule has 1 aliphatic rings. The maximum atomic E-state index is 14.3. The molecule has 11 atom stereocenters. The molecule has 13 nitrogen and oxygen atoms in total. The number of hydrogen-bond donors (Lipinski definition) is 4. The molecule has 1 aliphatic heterocycles. The average molecular weight is 1090 g/mol. The number of ether oxygens (including phenoxy) is 4. The Hall–Kier alpha value is -1.89. The van der Waals surface area contributed by atoms with Gasteiger partial charge in [-0.3, -0.25) is 19.2 Å². The molecule has 1 saturated heterocycles. The van der Waals surface area contributed by atoms with Crippen molar-refractivity contribution in [1.82, 2.24) is 5.32 Å². The van der Waals surface area contributed by atoms with Gasteiger partial charge in [0.1, 0.15) is 24.4 Å². The molecule has 14 heteroatoms. The number of nitrogens with one attached hydrogen (secondary N) is 1. The van der Waals surface area contributed by atoms with Crippen molar-refractivity contribution in [3.8, 4) is 0 Å². The third-order valence-electron chi connectivity index (χ3n) is 15.8. The van der Waals surface area contributed by atoms with Gasteiger partial charge in [-0.15, -0.1) is 0 Å². The van der Waals surface area contributed by atoms with E-state index in [1.54, 1.807) is 6.92 Å². The van der Waals surface area contributed by atoms with Crippen molar-refractivity contribution in [2.45, 2.75) is 336 Å². The minimum atomic E-state index is -3.02. The van der Waals surface area contributed by atoms with Gasteiger partial charge in [0.05, 0.1) is 43.4 Å². The van der Waals surface area contributed by atoms with Crippen molar-refractivity contribution in [3.63, 3.8) is 0 Å². The van der Waals surface area contributed by atoms with E-state index >= 15 is 0 Å². The van der Waals surface area contributed by atoms with Gasteiger partial charge in [-0.25, -0.2) is 0 Å². The summed E-state index contributed by atoms with van der Waals surface area (Å²) in [5.74, 6) is -2.81. The van der Waals surface area contributed by atoms with Gasteiger partial charge in [-0.05, 0) is 44.4 Å². The molecule has 0 radical (unpaired) electrons. The summed E-state index contributed by atoms with van der Waals surface area (Å²) in [6, 6.07) is -1.06. The van der Waals surface area contributed by atoms with Crippen LogP contribution in [0.25, 0.3) is 0 Å². The van der Waals surface area contributed by atoms with Gasteiger partial charge in [-0.1, -0.05) is 248 Å². The van der Waals surface area contributed by atoms with Crippen LogP contribution in [0.5, 0.6) is 0 Å². The summed E-state index contributed by atoms with van der Waals surface area (Å²) in [5.41, 5.74) is 0. The summed E-state index contributed by atoms with van der Waals surface area (Å²) in [5, 5.41) is 13.5. The van der Waals surface area contributed by atoms with Gasteiger partial charge < -0.3 is 43.7 Å². The van der Waals surface area contributed by atoms with E-state index in [0.717, 1.165) is 89.9 Å². The molecule has 1 amide bonds. The molecule has 75 heavy (non-hydrogen) atoms. The third kappa shape index (κ3) is 34.0. The second-order valence-corrected chi connectivity index (χ2v) is 23.6. The van der Waals surface area contributed by atoms with Crippen molar-refractivity contribution < 1.29 is 57.5 Å². The monoisotopic (exact) mass is 1090 g/mol. The van der Waals surface area contributed by atoms with Gasteiger partial charge in [0.2, 0.25) is 5.91 Å². The molecular weight excluding hydrogens is 970 g/mol. The minimum absolute atomic E-state index is 0.118. The number of aliphatic hydroxyl groups excluding tert-OH is 1. The molecular formula is C61H116NO12P. The van der Waals surface area contributed by atoms with Crippen LogP contribution in [-0.4, -0.2) is 88.0 Å². The Kier molecular flexibility index (Phi) is 43.5. The normalized spacial score (nSPS) is 20.3. The highest BCUT2D eigenvalue weighted by atomic mass is 31.2. The number of unbranched alkanes of at least 4 members (excludes halogenated alkanes) is 26. The number of aliphatic hydroxyl groups is 1. The zero-order chi connectivity index (χ0) is 55.6. The van der Waals surface area contributed by atoms with Crippen LogP contribution in [0.15, 0.2) is 0 Å². The van der Waals surface area contributed by atoms with Crippen molar-refractivity contribution in [3.05, 3.63) is 0 Å². The van der Waals surface area contributed by atoms with E-state index in [4.69, 9.17) is 23.5 Å². The van der Waals surface area contributed by atoms with E-state index < -0.39 is 69.8 Å². The molecule has 4 N–H and O–H groups in total. The molecule has 1 rings (SSSR count). The molecule has 0 aliphatic carbocycles. The first-order valence-corrected chi connectivity index (χ1v) is 32.3. The van der Waals surface area contributed by atoms with Crippen molar-refractivity contribution in [1.29, 1.82) is 0 Å². The van der Waals surface area contributed by atoms with Gasteiger partial charge in [0, 0.05) is 0 Å². The Morgan fingerprint density at radius 1 is 0.507 bits per heavy atom. The Morgan fingerprint density at radius 3 is 1.21 bits per heavy atom. The summed E-state index contributed by atoms with van der Waals surface area (Å²) in [6.07, 6.45) is 30.9. The summed E-state index contributed by atoms with van der Waals surface area (Å²) in [4.78, 5) is 76.4. The van der Waals surface area contributed by atoms with E-state index in [0.29, 0.717) is 12.8 Å². The fourth-order valence-corrected chi connectivity index (χ4v) is 11.0. The second-order valence-electron chi connectivity index (χ2n) is 22.9. The van der Waals surface area contributed by atoms with Crippen LogP contribution in [0.1, 0.15) is 293 Å². The molecule has 1 fully saturated rings.